The SMILES string of the molecule is COC(=O)c1cccc(-c2nc3c(oc4ccc(Br)cc43)c(=O)[nH]2)c1. The van der Waals surface area contributed by atoms with Crippen LogP contribution in [0.15, 0.2) is 56.1 Å². The highest BCUT2D eigenvalue weighted by atomic mass is 79.9. The molecule has 2 heterocycles. The highest BCUT2D eigenvalue weighted by Crippen LogP contribution is 2.29. The molecule has 4 rings (SSSR count). The molecule has 0 aliphatic carbocycles. The highest BCUT2D eigenvalue weighted by molar-refractivity contribution is 9.10. The van der Waals surface area contributed by atoms with Gasteiger partial charge in [0.15, 0.2) is 0 Å². The van der Waals surface area contributed by atoms with E-state index < -0.39 is 5.97 Å². The number of hydrogen-bond donors (Lipinski definition) is 1. The van der Waals surface area contributed by atoms with Crippen molar-refractivity contribution in [2.75, 3.05) is 7.11 Å². The normalized spacial score (nSPS) is 11.1. The molecule has 0 saturated heterocycles. The summed E-state index contributed by atoms with van der Waals surface area (Å²) in [4.78, 5) is 31.4. The van der Waals surface area contributed by atoms with Crippen molar-refractivity contribution in [3.8, 4) is 11.4 Å². The molecule has 0 fully saturated rings. The minimum atomic E-state index is -0.456. The lowest BCUT2D eigenvalue weighted by atomic mass is 10.1. The first-order chi connectivity index (χ1) is 12.1. The summed E-state index contributed by atoms with van der Waals surface area (Å²) >= 11 is 3.41. The van der Waals surface area contributed by atoms with Gasteiger partial charge in [-0.25, -0.2) is 9.78 Å². The quantitative estimate of drug-likeness (QED) is 0.517. The Balaban J connectivity index is 1.97. The summed E-state index contributed by atoms with van der Waals surface area (Å²) in [5.74, 6) is -0.103. The summed E-state index contributed by atoms with van der Waals surface area (Å²) in [5.41, 5.74) is 1.82. The zero-order valence-electron chi connectivity index (χ0n) is 13.0. The van der Waals surface area contributed by atoms with E-state index in [9.17, 15) is 9.59 Å². The summed E-state index contributed by atoms with van der Waals surface area (Å²) in [6, 6.07) is 12.2. The number of halogens is 1. The molecule has 6 nitrogen and oxygen atoms in total. The summed E-state index contributed by atoms with van der Waals surface area (Å²) < 4.78 is 11.2. The number of aromatic amines is 1. The number of nitrogens with zero attached hydrogens (tertiary/aromatic N) is 1. The van der Waals surface area contributed by atoms with Gasteiger partial charge in [0.1, 0.15) is 16.9 Å². The van der Waals surface area contributed by atoms with Crippen molar-refractivity contribution in [3.63, 3.8) is 0 Å². The summed E-state index contributed by atoms with van der Waals surface area (Å²) in [6.07, 6.45) is 0. The van der Waals surface area contributed by atoms with Crippen LogP contribution in [0.2, 0.25) is 0 Å². The molecule has 0 spiro atoms. The Morgan fingerprint density at radius 1 is 1.24 bits per heavy atom. The van der Waals surface area contributed by atoms with E-state index in [1.165, 1.54) is 7.11 Å². The van der Waals surface area contributed by atoms with Gasteiger partial charge in [-0.05, 0) is 30.3 Å². The fourth-order valence-electron chi connectivity index (χ4n) is 2.67. The second kappa shape index (κ2) is 5.86. The third-order valence-electron chi connectivity index (χ3n) is 3.84. The van der Waals surface area contributed by atoms with E-state index in [0.29, 0.717) is 28.1 Å². The van der Waals surface area contributed by atoms with Crippen molar-refractivity contribution in [1.29, 1.82) is 0 Å². The minimum absolute atomic E-state index is 0.168. The van der Waals surface area contributed by atoms with Crippen molar-refractivity contribution in [2.24, 2.45) is 0 Å². The first-order valence-electron chi connectivity index (χ1n) is 7.37. The molecule has 0 unspecified atom stereocenters. The molecule has 0 amide bonds. The van der Waals surface area contributed by atoms with Gasteiger partial charge >= 0.3 is 5.97 Å². The van der Waals surface area contributed by atoms with Crippen molar-refractivity contribution in [2.45, 2.75) is 0 Å². The lowest BCUT2D eigenvalue weighted by Gasteiger charge is -2.03. The number of fused-ring (bicyclic) bond motifs is 3. The number of H-pyrrole nitrogens is 1. The molecule has 0 aliphatic rings. The molecule has 7 heteroatoms. The molecule has 124 valence electrons. The zero-order valence-corrected chi connectivity index (χ0v) is 14.6. The van der Waals surface area contributed by atoms with Gasteiger partial charge in [-0.3, -0.25) is 4.79 Å². The van der Waals surface area contributed by atoms with E-state index in [2.05, 4.69) is 25.9 Å². The molecule has 0 bridgehead atoms. The first-order valence-corrected chi connectivity index (χ1v) is 8.17. The Morgan fingerprint density at radius 3 is 2.88 bits per heavy atom. The fraction of sp³-hybridized carbons (Fsp3) is 0.0556. The molecule has 4 aromatic rings. The number of carbonyl (C=O) groups is 1. The summed E-state index contributed by atoms with van der Waals surface area (Å²) in [5, 5.41) is 0.737. The number of furan rings is 1. The van der Waals surface area contributed by atoms with E-state index >= 15 is 0 Å². The number of rotatable bonds is 2. The number of nitrogens with one attached hydrogen (secondary N) is 1. The van der Waals surface area contributed by atoms with Crippen LogP contribution >= 0.6 is 15.9 Å². The Kier molecular flexibility index (Phi) is 3.65. The predicted molar refractivity (Wildman–Crippen MR) is 96.6 cm³/mol. The third-order valence-corrected chi connectivity index (χ3v) is 4.34. The number of esters is 1. The number of benzene rings is 2. The average molecular weight is 399 g/mol. The van der Waals surface area contributed by atoms with Crippen LogP contribution in [0.4, 0.5) is 0 Å². The molecule has 2 aromatic heterocycles. The van der Waals surface area contributed by atoms with Crippen LogP contribution < -0.4 is 5.56 Å². The number of methoxy groups -OCH3 is 1. The monoisotopic (exact) mass is 398 g/mol. The predicted octanol–water partition coefficient (Wildman–Crippen LogP) is 3.89. The first kappa shape index (κ1) is 15.6. The van der Waals surface area contributed by atoms with Gasteiger partial charge in [0.25, 0.3) is 5.56 Å². The number of carbonyl (C=O) groups excluding carboxylic acids is 1. The maximum Gasteiger partial charge on any atom is 0.337 e. The van der Waals surface area contributed by atoms with Crippen molar-refractivity contribution < 1.29 is 13.9 Å². The van der Waals surface area contributed by atoms with E-state index in [-0.39, 0.29) is 11.1 Å². The van der Waals surface area contributed by atoms with E-state index in [1.54, 1.807) is 30.3 Å². The maximum absolute atomic E-state index is 12.4. The highest BCUT2D eigenvalue weighted by Gasteiger charge is 2.15. The largest absolute Gasteiger partial charge is 0.465 e. The lowest BCUT2D eigenvalue weighted by Crippen LogP contribution is -2.08. The Hall–Kier alpha value is -2.93. The standard InChI is InChI=1S/C18H11BrN2O4/c1-24-18(23)10-4-2-3-9(7-10)16-20-14-12-8-11(19)5-6-13(12)25-15(14)17(22)21-16/h2-8H,1H3,(H,20,21,22). The molecular formula is C18H11BrN2O4. The topological polar surface area (TPSA) is 85.2 Å². The van der Waals surface area contributed by atoms with Gasteiger partial charge in [-0.2, -0.15) is 0 Å². The molecule has 0 atom stereocenters. The van der Waals surface area contributed by atoms with Gasteiger partial charge in [-0.1, -0.05) is 28.1 Å². The van der Waals surface area contributed by atoms with Crippen molar-refractivity contribution >= 4 is 44.0 Å². The van der Waals surface area contributed by atoms with Crippen LogP contribution in [0, 0.1) is 0 Å². The number of aromatic nitrogens is 2. The minimum Gasteiger partial charge on any atom is -0.465 e. The molecule has 0 radical (unpaired) electrons. The van der Waals surface area contributed by atoms with Gasteiger partial charge in [-0.15, -0.1) is 0 Å². The zero-order chi connectivity index (χ0) is 17.6. The molecular weight excluding hydrogens is 388 g/mol. The van der Waals surface area contributed by atoms with Crippen LogP contribution in [0.5, 0.6) is 0 Å². The third kappa shape index (κ3) is 2.62. The summed E-state index contributed by atoms with van der Waals surface area (Å²) in [7, 11) is 1.32. The van der Waals surface area contributed by atoms with Gasteiger partial charge in [0, 0.05) is 15.4 Å². The van der Waals surface area contributed by atoms with Crippen molar-refractivity contribution in [1.82, 2.24) is 9.97 Å². The van der Waals surface area contributed by atoms with Crippen LogP contribution in [-0.2, 0) is 4.74 Å². The van der Waals surface area contributed by atoms with Crippen LogP contribution in [0.1, 0.15) is 10.4 Å². The Bertz CT molecular complexity index is 1190. The second-order valence-electron chi connectivity index (χ2n) is 5.41. The van der Waals surface area contributed by atoms with E-state index in [4.69, 9.17) is 9.15 Å². The van der Waals surface area contributed by atoms with Crippen LogP contribution in [0.3, 0.4) is 0 Å². The Morgan fingerprint density at radius 2 is 2.08 bits per heavy atom. The number of hydrogen-bond acceptors (Lipinski definition) is 5. The molecule has 0 saturated carbocycles. The molecule has 25 heavy (non-hydrogen) atoms. The van der Waals surface area contributed by atoms with Crippen LogP contribution in [0.25, 0.3) is 33.5 Å². The van der Waals surface area contributed by atoms with Crippen LogP contribution in [-0.4, -0.2) is 23.0 Å². The number of ether oxygens (including phenoxy) is 1. The van der Waals surface area contributed by atoms with E-state index in [1.807, 2.05) is 12.1 Å². The Labute approximate surface area is 149 Å². The summed E-state index contributed by atoms with van der Waals surface area (Å²) in [6.45, 7) is 0. The van der Waals surface area contributed by atoms with Gasteiger partial charge in [0.05, 0.1) is 12.7 Å². The maximum atomic E-state index is 12.4. The lowest BCUT2D eigenvalue weighted by molar-refractivity contribution is 0.0601. The van der Waals surface area contributed by atoms with E-state index in [0.717, 1.165) is 9.86 Å². The molecule has 2 aromatic carbocycles. The second-order valence-corrected chi connectivity index (χ2v) is 6.32. The van der Waals surface area contributed by atoms with Gasteiger partial charge < -0.3 is 14.1 Å². The van der Waals surface area contributed by atoms with Crippen molar-refractivity contribution in [3.05, 3.63) is 62.9 Å². The van der Waals surface area contributed by atoms with Gasteiger partial charge in [0.2, 0.25) is 5.58 Å². The molecule has 1 N–H and O–H groups in total. The fourth-order valence-corrected chi connectivity index (χ4v) is 3.03. The molecule has 0 aliphatic heterocycles. The smallest absolute Gasteiger partial charge is 0.337 e. The average Bonchev–Trinajstić information content (AvgIpc) is 2.99.